The molecule has 2 aromatic rings. The topological polar surface area (TPSA) is 648 Å². The van der Waals surface area contributed by atoms with E-state index in [0.29, 0.717) is 43.4 Å². The molecule has 0 bridgehead atoms. The average molecular weight is 1630 g/mol. The third-order valence-electron chi connectivity index (χ3n) is 18.1. The van der Waals surface area contributed by atoms with Crippen LogP contribution in [-0.4, -0.2) is 244 Å². The number of aliphatic carboxylic acids is 1. The van der Waals surface area contributed by atoms with Crippen LogP contribution < -0.4 is 103 Å². The number of aromatic hydroxyl groups is 1. The summed E-state index contributed by atoms with van der Waals surface area (Å²) in [7, 11) is 0. The van der Waals surface area contributed by atoms with Gasteiger partial charge in [-0.2, -0.15) is 12.6 Å². The zero-order chi connectivity index (χ0) is 86.1. The second-order valence-corrected chi connectivity index (χ2v) is 29.1. The number of aliphatic imine (C=N–C) groups is 1. The number of nitrogens with one attached hydrogen (secondary N) is 14. The van der Waals surface area contributed by atoms with Crippen molar-refractivity contribution in [2.24, 2.45) is 51.4 Å². The first-order chi connectivity index (χ1) is 53.7. The number of rotatable bonds is 53. The Labute approximate surface area is 669 Å². The van der Waals surface area contributed by atoms with E-state index in [-0.39, 0.29) is 93.8 Å². The summed E-state index contributed by atoms with van der Waals surface area (Å²) >= 11 is 4.21. The van der Waals surface area contributed by atoms with E-state index in [2.05, 4.69) is 92.1 Å². The highest BCUT2D eigenvalue weighted by molar-refractivity contribution is 7.80. The number of hydrogen-bond donors (Lipinski definition) is 24. The van der Waals surface area contributed by atoms with E-state index >= 15 is 0 Å². The van der Waals surface area contributed by atoms with E-state index in [1.165, 1.54) is 38.1 Å². The van der Waals surface area contributed by atoms with Crippen LogP contribution in [0.4, 0.5) is 0 Å². The number of thiol groups is 1. The Morgan fingerprint density at radius 3 is 1.34 bits per heavy atom. The summed E-state index contributed by atoms with van der Waals surface area (Å²) in [6.07, 6.45) is -1.86. The third-order valence-corrected chi connectivity index (χ3v) is 18.5. The molecule has 0 aliphatic heterocycles. The molecule has 0 radical (unpaired) electrons. The highest BCUT2D eigenvalue weighted by Crippen LogP contribution is 2.15. The standard InChI is InChI=1S/C74H122N20O19S/c1-11-40(6)58(70(109)84-42(8)62(101)89-52(34-46-25-27-47(97)28-26-46)64(103)81-35-55(98)85-48(24-19-31-80-74(78)79)66(105)87-50(73(112)113)23-16-18-30-76)92-56(99)36-82-63(102)51(32-38(2)3)88-61(100)41(7)83-65(104)49(22-15-17-29-75)86-71(110)59(43(9)95)94-72(111)60(44(10)96)93-67(106)53(33-45-20-13-12-14-21-45)90-68(107)54(37-114)91-69(108)57(77)39(4)5/h12-14,20-21,25-28,38-44,48-54,57-60,95-97,114H,11,15-19,22-24,29-37,75-77H2,1-10H3,(H,81,103)(H,82,102)(H,83,104)(H,84,109)(H,85,98)(H,86,110)(H,87,105)(H,88,100)(H,89,101)(H,90,107)(H,91,108)(H,92,99)(H,93,106)(H,94,111)(H,112,113)(H4,78,79,80)/t40-,41-,42-,43+,44+,48-,49-,50-,51-,52-,53-,54-,57-,58-,59-,60-/m0/s1. The smallest absolute Gasteiger partial charge is 0.326 e. The van der Waals surface area contributed by atoms with E-state index < -0.39 is 198 Å². The van der Waals surface area contributed by atoms with Crippen LogP contribution in [0.5, 0.6) is 5.75 Å². The number of aliphatic hydroxyl groups excluding tert-OH is 2. The highest BCUT2D eigenvalue weighted by Gasteiger charge is 2.39. The quantitative estimate of drug-likeness (QED) is 0.0127. The van der Waals surface area contributed by atoms with Gasteiger partial charge in [0.05, 0.1) is 31.3 Å². The Kier molecular flexibility index (Phi) is 45.7. The van der Waals surface area contributed by atoms with E-state index in [4.69, 9.17) is 28.7 Å². The van der Waals surface area contributed by atoms with Crippen LogP contribution in [0.3, 0.4) is 0 Å². The summed E-state index contributed by atoms with van der Waals surface area (Å²) in [6, 6.07) is -4.32. The molecule has 0 spiro atoms. The molecule has 40 heteroatoms. The van der Waals surface area contributed by atoms with Gasteiger partial charge in [-0.1, -0.05) is 90.4 Å². The summed E-state index contributed by atoms with van der Waals surface area (Å²) in [5.41, 5.74) is 29.1. The fourth-order valence-electron chi connectivity index (χ4n) is 11.1. The molecule has 0 aromatic heterocycles. The number of guanidine groups is 1. The number of phenolic OH excluding ortho intramolecular Hbond substituents is 1. The van der Waals surface area contributed by atoms with Crippen molar-refractivity contribution >= 4 is 107 Å². The predicted molar refractivity (Wildman–Crippen MR) is 425 cm³/mol. The summed E-state index contributed by atoms with van der Waals surface area (Å²) in [5.74, 6) is -15.7. The molecule has 2 rings (SSSR count). The molecule has 0 aliphatic carbocycles. The molecule has 114 heavy (non-hydrogen) atoms. The molecule has 0 saturated carbocycles. The monoisotopic (exact) mass is 1630 g/mol. The largest absolute Gasteiger partial charge is 0.508 e. The number of carbonyl (C=O) groups is 15. The maximum absolute atomic E-state index is 14.1. The minimum absolute atomic E-state index is 0.00430. The van der Waals surface area contributed by atoms with Gasteiger partial charge < -0.3 is 124 Å². The zero-order valence-electron chi connectivity index (χ0n) is 66.5. The number of carboxylic acid groups (broad SMARTS) is 1. The Morgan fingerprint density at radius 1 is 0.439 bits per heavy atom. The molecule has 638 valence electrons. The molecule has 0 saturated heterocycles. The van der Waals surface area contributed by atoms with Crippen LogP contribution >= 0.6 is 12.6 Å². The van der Waals surface area contributed by atoms with Gasteiger partial charge in [0.2, 0.25) is 82.7 Å². The van der Waals surface area contributed by atoms with Crippen molar-refractivity contribution in [1.82, 2.24) is 74.4 Å². The number of phenols is 1. The lowest BCUT2D eigenvalue weighted by atomic mass is 9.98. The molecule has 16 atom stereocenters. The maximum atomic E-state index is 14.1. The van der Waals surface area contributed by atoms with Crippen LogP contribution in [0.25, 0.3) is 0 Å². The Bertz CT molecular complexity index is 3520. The Hall–Kier alpha value is -10.3. The van der Waals surface area contributed by atoms with E-state index in [9.17, 15) is 92.3 Å². The Balaban J connectivity index is 2.26. The van der Waals surface area contributed by atoms with Gasteiger partial charge in [-0.3, -0.25) is 72.1 Å². The maximum Gasteiger partial charge on any atom is 0.326 e. The van der Waals surface area contributed by atoms with Crippen LogP contribution in [-0.2, 0) is 84.8 Å². The van der Waals surface area contributed by atoms with E-state index in [0.717, 1.165) is 13.8 Å². The average Bonchev–Trinajstić information content (AvgIpc) is 0.827. The van der Waals surface area contributed by atoms with Gasteiger partial charge in [0.25, 0.3) is 0 Å². The molecule has 39 nitrogen and oxygen atoms in total. The number of hydrogen-bond acceptors (Lipinski definition) is 23. The normalized spacial score (nSPS) is 15.4. The Morgan fingerprint density at radius 2 is 0.842 bits per heavy atom. The van der Waals surface area contributed by atoms with Crippen molar-refractivity contribution in [3.8, 4) is 5.75 Å². The first-order valence-electron chi connectivity index (χ1n) is 38.1. The minimum Gasteiger partial charge on any atom is -0.508 e. The van der Waals surface area contributed by atoms with Gasteiger partial charge in [0, 0.05) is 25.1 Å². The SMILES string of the molecule is CC[C@H](C)[C@H](NC(=O)CNC(=O)[C@H](CC(C)C)NC(=O)[C@H](C)NC(=O)[C@H](CCCCN)NC(=O)[C@@H](NC(=O)[C@@H](NC(=O)[C@H](Cc1ccccc1)NC(=O)[C@H](CS)NC(=O)[C@@H](N)C(C)C)[C@@H](C)O)[C@@H](C)O)C(=O)N[C@@H](C)C(=O)N[C@@H](Cc1ccc(O)cc1)C(=O)NCC(=O)N[C@@H](CCCN=C(N)N)C(=O)N[C@@H](CCCCN)C(=O)O. The van der Waals surface area contributed by atoms with Crippen LogP contribution in [0.15, 0.2) is 59.6 Å². The first kappa shape index (κ1) is 99.8. The summed E-state index contributed by atoms with van der Waals surface area (Å²) in [6.45, 7) is 14.2. The van der Waals surface area contributed by atoms with Gasteiger partial charge in [-0.05, 0) is 140 Å². The van der Waals surface area contributed by atoms with Crippen molar-refractivity contribution in [3.63, 3.8) is 0 Å². The lowest BCUT2D eigenvalue weighted by Crippen LogP contribution is -2.63. The fraction of sp³-hybridized carbons (Fsp3) is 0.622. The number of nitrogens with zero attached hydrogens (tertiary/aromatic N) is 1. The molecule has 2 aromatic carbocycles. The number of amides is 14. The lowest BCUT2D eigenvalue weighted by molar-refractivity contribution is -0.142. The third kappa shape index (κ3) is 37.1. The molecule has 0 aliphatic rings. The number of carbonyl (C=O) groups excluding carboxylic acids is 14. The van der Waals surface area contributed by atoms with Crippen LogP contribution in [0.2, 0.25) is 0 Å². The van der Waals surface area contributed by atoms with Crippen molar-refractivity contribution < 1.29 is 92.3 Å². The predicted octanol–water partition coefficient (Wildman–Crippen LogP) is -5.57. The van der Waals surface area contributed by atoms with E-state index in [1.54, 1.807) is 71.9 Å². The summed E-state index contributed by atoms with van der Waals surface area (Å²) in [5, 5.41) is 76.4. The number of benzene rings is 2. The van der Waals surface area contributed by atoms with Crippen LogP contribution in [0, 0.1) is 17.8 Å². The van der Waals surface area contributed by atoms with Crippen LogP contribution in [0.1, 0.15) is 145 Å². The zero-order valence-corrected chi connectivity index (χ0v) is 67.4. The number of nitrogens with two attached hydrogens (primary N) is 5. The van der Waals surface area contributed by atoms with Crippen molar-refractivity contribution in [3.05, 3.63) is 65.7 Å². The molecule has 28 N–H and O–H groups in total. The summed E-state index contributed by atoms with van der Waals surface area (Å²) < 4.78 is 0. The summed E-state index contributed by atoms with van der Waals surface area (Å²) in [4.78, 5) is 209. The molecule has 0 unspecified atom stereocenters. The van der Waals surface area contributed by atoms with Gasteiger partial charge in [-0.25, -0.2) is 4.79 Å². The number of aliphatic hydroxyl groups is 2. The highest BCUT2D eigenvalue weighted by atomic mass is 32.1. The number of unbranched alkanes of at least 4 members (excludes halogenated alkanes) is 2. The minimum atomic E-state index is -1.85. The second-order valence-electron chi connectivity index (χ2n) is 28.8. The lowest BCUT2D eigenvalue weighted by Gasteiger charge is -2.29. The van der Waals surface area contributed by atoms with Crippen molar-refractivity contribution in [2.45, 2.75) is 237 Å². The van der Waals surface area contributed by atoms with E-state index in [1.807, 2.05) is 0 Å². The molecular formula is C74H122N20O19S. The van der Waals surface area contributed by atoms with Gasteiger partial charge >= 0.3 is 5.97 Å². The van der Waals surface area contributed by atoms with Crippen molar-refractivity contribution in [2.75, 3.05) is 38.5 Å². The fourth-order valence-corrected chi connectivity index (χ4v) is 11.4. The molecule has 14 amide bonds. The second kappa shape index (κ2) is 52.2. The van der Waals surface area contributed by atoms with Gasteiger partial charge in [0.1, 0.15) is 78.3 Å². The number of carboxylic acids is 1. The molecular weight excluding hydrogens is 1510 g/mol. The van der Waals surface area contributed by atoms with Gasteiger partial charge in [0.15, 0.2) is 5.96 Å². The van der Waals surface area contributed by atoms with Crippen molar-refractivity contribution in [1.29, 1.82) is 0 Å². The molecule has 0 fully saturated rings. The van der Waals surface area contributed by atoms with Gasteiger partial charge in [-0.15, -0.1) is 0 Å². The molecule has 0 heterocycles. The first-order valence-corrected chi connectivity index (χ1v) is 38.7.